The van der Waals surface area contributed by atoms with Crippen LogP contribution in [0.2, 0.25) is 0 Å². The number of benzene rings is 3. The Morgan fingerprint density at radius 3 is 2.46 bits per heavy atom. The molecular formula is C28H29N3O4S2. The molecule has 1 N–H and O–H groups in total. The Bertz CT molecular complexity index is 1540. The number of ether oxygens (including phenoxy) is 1. The molecule has 7 nitrogen and oxygen atoms in total. The molecule has 0 spiro atoms. The fraction of sp³-hybridized carbons (Fsp3) is 0.286. The van der Waals surface area contributed by atoms with Crippen LogP contribution < -0.4 is 9.62 Å². The second kappa shape index (κ2) is 10.2. The molecule has 0 bridgehead atoms. The monoisotopic (exact) mass is 535 g/mol. The molecule has 1 unspecified atom stereocenters. The molecule has 0 radical (unpaired) electrons. The van der Waals surface area contributed by atoms with Crippen molar-refractivity contribution in [2.45, 2.75) is 44.6 Å². The molecule has 192 valence electrons. The van der Waals surface area contributed by atoms with E-state index in [2.05, 4.69) is 17.7 Å². The Hall–Kier alpha value is -3.27. The average molecular weight is 536 g/mol. The van der Waals surface area contributed by atoms with E-state index in [0.717, 1.165) is 39.7 Å². The van der Waals surface area contributed by atoms with Gasteiger partial charge in [-0.05, 0) is 87.2 Å². The van der Waals surface area contributed by atoms with Crippen molar-refractivity contribution in [3.63, 3.8) is 0 Å². The maximum Gasteiger partial charge on any atom is 0.261 e. The second-order valence-corrected chi connectivity index (χ2v) is 12.1. The fourth-order valence-corrected chi connectivity index (χ4v) is 6.57. The molecule has 4 aromatic rings. The minimum atomic E-state index is -3.73. The highest BCUT2D eigenvalue weighted by Gasteiger charge is 2.27. The minimum Gasteiger partial charge on any atom is -0.376 e. The van der Waals surface area contributed by atoms with Crippen molar-refractivity contribution in [1.82, 2.24) is 4.98 Å². The first kappa shape index (κ1) is 25.4. The van der Waals surface area contributed by atoms with Crippen LogP contribution in [0.4, 0.5) is 10.8 Å². The van der Waals surface area contributed by atoms with E-state index in [1.165, 1.54) is 11.3 Å². The van der Waals surface area contributed by atoms with Gasteiger partial charge in [0, 0.05) is 17.9 Å². The number of carbonyl (C=O) groups excluding carboxylic acids is 1. The van der Waals surface area contributed by atoms with Crippen LogP contribution in [-0.4, -0.2) is 38.6 Å². The van der Waals surface area contributed by atoms with Gasteiger partial charge in [0.1, 0.15) is 0 Å². The van der Waals surface area contributed by atoms with Gasteiger partial charge in [-0.15, -0.1) is 0 Å². The minimum absolute atomic E-state index is 0.0422. The smallest absolute Gasteiger partial charge is 0.261 e. The standard InChI is InChI=1S/C28H29N3O4S2/c1-18-6-12-24(13-7-18)37(33,34)30-22-10-8-21(9-11-22)27(32)31(17-23-5-4-14-35-23)28-29-25-16-19(2)15-20(3)26(25)36-28/h6-13,15-16,23,30H,4-5,14,17H2,1-3H3. The SMILES string of the molecule is Cc1ccc(S(=O)(=O)Nc2ccc(C(=O)N(CC3CCCO3)c3nc4cc(C)cc(C)c4s3)cc2)cc1. The summed E-state index contributed by atoms with van der Waals surface area (Å²) in [4.78, 5) is 20.4. The highest BCUT2D eigenvalue weighted by molar-refractivity contribution is 7.92. The van der Waals surface area contributed by atoms with E-state index in [1.54, 1.807) is 53.4 Å². The maximum absolute atomic E-state index is 13.7. The van der Waals surface area contributed by atoms with Gasteiger partial charge in [0.25, 0.3) is 15.9 Å². The van der Waals surface area contributed by atoms with Gasteiger partial charge in [-0.2, -0.15) is 0 Å². The van der Waals surface area contributed by atoms with Gasteiger partial charge in [-0.25, -0.2) is 13.4 Å². The molecule has 1 aliphatic rings. The normalized spacial score (nSPS) is 15.7. The van der Waals surface area contributed by atoms with E-state index in [-0.39, 0.29) is 16.9 Å². The van der Waals surface area contributed by atoms with Gasteiger partial charge >= 0.3 is 0 Å². The molecule has 1 aromatic heterocycles. The van der Waals surface area contributed by atoms with Gasteiger partial charge < -0.3 is 4.74 Å². The summed E-state index contributed by atoms with van der Waals surface area (Å²) in [5.41, 5.74) is 4.95. The molecule has 1 amide bonds. The van der Waals surface area contributed by atoms with E-state index in [9.17, 15) is 13.2 Å². The molecule has 0 aliphatic carbocycles. The number of anilines is 2. The molecule has 0 saturated carbocycles. The van der Waals surface area contributed by atoms with E-state index in [1.807, 2.05) is 19.9 Å². The molecular weight excluding hydrogens is 506 g/mol. The number of nitrogens with one attached hydrogen (secondary N) is 1. The summed E-state index contributed by atoms with van der Waals surface area (Å²) in [5, 5.41) is 0.633. The average Bonchev–Trinajstić information content (AvgIpc) is 3.53. The Morgan fingerprint density at radius 2 is 1.78 bits per heavy atom. The summed E-state index contributed by atoms with van der Waals surface area (Å²) in [6.07, 6.45) is 1.83. The third-order valence-electron chi connectivity index (χ3n) is 6.41. The number of carbonyl (C=O) groups is 1. The number of aryl methyl sites for hydroxylation is 3. The van der Waals surface area contributed by atoms with E-state index in [4.69, 9.17) is 9.72 Å². The summed E-state index contributed by atoms with van der Waals surface area (Å²) < 4.78 is 35.0. The fourth-order valence-electron chi connectivity index (χ4n) is 4.49. The van der Waals surface area contributed by atoms with Crippen LogP contribution in [-0.2, 0) is 14.8 Å². The van der Waals surface area contributed by atoms with Crippen molar-refractivity contribution in [3.8, 4) is 0 Å². The number of hydrogen-bond acceptors (Lipinski definition) is 6. The first-order valence-corrected chi connectivity index (χ1v) is 14.5. The van der Waals surface area contributed by atoms with Crippen LogP contribution in [0.15, 0.2) is 65.6 Å². The first-order valence-electron chi connectivity index (χ1n) is 12.2. The van der Waals surface area contributed by atoms with Gasteiger partial charge in [-0.1, -0.05) is 35.1 Å². The van der Waals surface area contributed by atoms with Crippen LogP contribution in [0.3, 0.4) is 0 Å². The lowest BCUT2D eigenvalue weighted by atomic mass is 10.1. The molecule has 2 heterocycles. The van der Waals surface area contributed by atoms with Gasteiger partial charge in [0.05, 0.1) is 27.8 Å². The third kappa shape index (κ3) is 5.53. The molecule has 9 heteroatoms. The number of amides is 1. The van der Waals surface area contributed by atoms with E-state index >= 15 is 0 Å². The van der Waals surface area contributed by atoms with Gasteiger partial charge in [0.2, 0.25) is 0 Å². The molecule has 1 saturated heterocycles. The Morgan fingerprint density at radius 1 is 1.05 bits per heavy atom. The Balaban J connectivity index is 1.41. The molecule has 3 aromatic carbocycles. The molecule has 37 heavy (non-hydrogen) atoms. The number of hydrogen-bond donors (Lipinski definition) is 1. The highest BCUT2D eigenvalue weighted by atomic mass is 32.2. The zero-order chi connectivity index (χ0) is 26.2. The number of thiazole rings is 1. The Kier molecular flexibility index (Phi) is 7.02. The summed E-state index contributed by atoms with van der Waals surface area (Å²) in [6.45, 7) is 7.10. The van der Waals surface area contributed by atoms with Crippen LogP contribution in [0.5, 0.6) is 0 Å². The summed E-state index contributed by atoms with van der Waals surface area (Å²) in [7, 11) is -3.73. The van der Waals surface area contributed by atoms with E-state index < -0.39 is 10.0 Å². The maximum atomic E-state index is 13.7. The number of aromatic nitrogens is 1. The quantitative estimate of drug-likeness (QED) is 0.321. The molecule has 1 atom stereocenters. The van der Waals surface area contributed by atoms with Crippen molar-refractivity contribution < 1.29 is 17.9 Å². The molecule has 1 aliphatic heterocycles. The second-order valence-electron chi connectivity index (χ2n) is 9.47. The summed E-state index contributed by atoms with van der Waals surface area (Å²) in [5.74, 6) is -0.197. The first-order chi connectivity index (χ1) is 17.7. The third-order valence-corrected chi connectivity index (χ3v) is 9.04. The van der Waals surface area contributed by atoms with Crippen LogP contribution in [0, 0.1) is 20.8 Å². The molecule has 1 fully saturated rings. The van der Waals surface area contributed by atoms with Gasteiger partial charge in [0.15, 0.2) is 5.13 Å². The predicted octanol–water partition coefficient (Wildman–Crippen LogP) is 5.85. The van der Waals surface area contributed by atoms with E-state index in [0.29, 0.717) is 29.5 Å². The van der Waals surface area contributed by atoms with Crippen molar-refractivity contribution in [2.24, 2.45) is 0 Å². The van der Waals surface area contributed by atoms with Crippen molar-refractivity contribution in [1.29, 1.82) is 0 Å². The van der Waals surface area contributed by atoms with Gasteiger partial charge in [-0.3, -0.25) is 14.4 Å². The van der Waals surface area contributed by atoms with Crippen LogP contribution in [0.25, 0.3) is 10.2 Å². The van der Waals surface area contributed by atoms with Crippen molar-refractivity contribution in [3.05, 3.63) is 82.9 Å². The zero-order valence-electron chi connectivity index (χ0n) is 21.0. The lowest BCUT2D eigenvalue weighted by molar-refractivity contribution is 0.0917. The summed E-state index contributed by atoms with van der Waals surface area (Å²) in [6, 6.07) is 17.3. The number of sulfonamides is 1. The number of rotatable bonds is 7. The number of nitrogens with zero attached hydrogens (tertiary/aromatic N) is 2. The van der Waals surface area contributed by atoms with Crippen LogP contribution in [0.1, 0.15) is 39.9 Å². The van der Waals surface area contributed by atoms with Crippen LogP contribution >= 0.6 is 11.3 Å². The Labute approximate surface area is 221 Å². The van der Waals surface area contributed by atoms with Crippen molar-refractivity contribution in [2.75, 3.05) is 22.8 Å². The lowest BCUT2D eigenvalue weighted by Crippen LogP contribution is -2.37. The topological polar surface area (TPSA) is 88.6 Å². The predicted molar refractivity (Wildman–Crippen MR) is 148 cm³/mol. The highest BCUT2D eigenvalue weighted by Crippen LogP contribution is 2.33. The lowest BCUT2D eigenvalue weighted by Gasteiger charge is -2.23. The summed E-state index contributed by atoms with van der Waals surface area (Å²) >= 11 is 1.50. The zero-order valence-corrected chi connectivity index (χ0v) is 22.7. The number of fused-ring (bicyclic) bond motifs is 1. The van der Waals surface area contributed by atoms with Crippen molar-refractivity contribution >= 4 is 48.3 Å². The molecule has 5 rings (SSSR count). The largest absolute Gasteiger partial charge is 0.376 e.